The van der Waals surface area contributed by atoms with E-state index in [0.717, 1.165) is 18.8 Å². The van der Waals surface area contributed by atoms with Gasteiger partial charge in [0.2, 0.25) is 0 Å². The van der Waals surface area contributed by atoms with Crippen LogP contribution in [0.25, 0.3) is 0 Å². The van der Waals surface area contributed by atoms with E-state index >= 15 is 0 Å². The molecule has 3 heteroatoms. The highest BCUT2D eigenvalue weighted by molar-refractivity contribution is 5.31. The molecule has 1 heterocycles. The van der Waals surface area contributed by atoms with Crippen LogP contribution in [-0.4, -0.2) is 16.7 Å². The molecule has 0 amide bonds. The number of nitrogens with zero attached hydrogens (tertiary/aromatic N) is 2. The Morgan fingerprint density at radius 3 is 2.60 bits per heavy atom. The summed E-state index contributed by atoms with van der Waals surface area (Å²) in [5.74, 6) is 0.827. The Balaban J connectivity index is 1.81. The minimum Gasteiger partial charge on any atom is -0.368 e. The summed E-state index contributed by atoms with van der Waals surface area (Å²) in [5, 5.41) is 11.0. The predicted molar refractivity (Wildman–Crippen MR) is 60.7 cm³/mol. The van der Waals surface area contributed by atoms with Crippen molar-refractivity contribution in [2.75, 3.05) is 11.9 Å². The van der Waals surface area contributed by atoms with Crippen LogP contribution >= 0.6 is 0 Å². The van der Waals surface area contributed by atoms with Gasteiger partial charge in [0.25, 0.3) is 0 Å². The summed E-state index contributed by atoms with van der Waals surface area (Å²) in [4.78, 5) is 0. The molecular weight excluding hydrogens is 186 g/mol. The summed E-state index contributed by atoms with van der Waals surface area (Å²) in [6.07, 6.45) is 2.67. The Labute approximate surface area is 89.2 Å². The Morgan fingerprint density at radius 2 is 1.87 bits per heavy atom. The molecule has 0 saturated heterocycles. The van der Waals surface area contributed by atoms with Crippen molar-refractivity contribution in [2.45, 2.75) is 6.42 Å². The zero-order chi connectivity index (χ0) is 10.3. The van der Waals surface area contributed by atoms with Crippen molar-refractivity contribution in [1.82, 2.24) is 10.2 Å². The highest BCUT2D eigenvalue weighted by Crippen LogP contribution is 2.01. The molecule has 2 aromatic rings. The van der Waals surface area contributed by atoms with Gasteiger partial charge in [0.1, 0.15) is 5.82 Å². The van der Waals surface area contributed by atoms with E-state index in [1.54, 1.807) is 6.20 Å². The number of hydrogen-bond acceptors (Lipinski definition) is 3. The smallest absolute Gasteiger partial charge is 0.148 e. The van der Waals surface area contributed by atoms with E-state index in [2.05, 4.69) is 39.8 Å². The maximum atomic E-state index is 3.95. The SMILES string of the molecule is c1ccc(CCNc2cccnn2)cc1. The summed E-state index contributed by atoms with van der Waals surface area (Å²) >= 11 is 0. The highest BCUT2D eigenvalue weighted by Gasteiger charge is 1.93. The van der Waals surface area contributed by atoms with Gasteiger partial charge in [-0.1, -0.05) is 30.3 Å². The standard InChI is InChI=1S/C12H13N3/c1-2-5-11(6-3-1)8-10-13-12-7-4-9-14-15-12/h1-7,9H,8,10H2,(H,13,15). The fourth-order valence-electron chi connectivity index (χ4n) is 1.38. The normalized spacial score (nSPS) is 9.87. The molecule has 0 aliphatic carbocycles. The Morgan fingerprint density at radius 1 is 1.00 bits per heavy atom. The molecule has 0 aliphatic rings. The minimum absolute atomic E-state index is 0.827. The number of benzene rings is 1. The van der Waals surface area contributed by atoms with E-state index in [1.807, 2.05) is 18.2 Å². The number of anilines is 1. The zero-order valence-corrected chi connectivity index (χ0v) is 8.43. The molecule has 1 N–H and O–H groups in total. The Kier molecular flexibility index (Phi) is 3.28. The third-order valence-electron chi connectivity index (χ3n) is 2.13. The largest absolute Gasteiger partial charge is 0.368 e. The lowest BCUT2D eigenvalue weighted by molar-refractivity contribution is 0.967. The van der Waals surface area contributed by atoms with Crippen LogP contribution in [0.4, 0.5) is 5.82 Å². The molecule has 1 aromatic carbocycles. The molecule has 2 rings (SSSR count). The van der Waals surface area contributed by atoms with Crippen LogP contribution in [0, 0.1) is 0 Å². The minimum atomic E-state index is 0.827. The third kappa shape index (κ3) is 3.06. The first kappa shape index (κ1) is 9.65. The van der Waals surface area contributed by atoms with Crippen molar-refractivity contribution in [3.63, 3.8) is 0 Å². The second kappa shape index (κ2) is 5.10. The molecular formula is C12H13N3. The van der Waals surface area contributed by atoms with Crippen molar-refractivity contribution in [2.24, 2.45) is 0 Å². The van der Waals surface area contributed by atoms with Gasteiger partial charge in [-0.15, -0.1) is 5.10 Å². The first-order valence-corrected chi connectivity index (χ1v) is 5.00. The molecule has 0 radical (unpaired) electrons. The average Bonchev–Trinajstić information content (AvgIpc) is 2.32. The molecule has 15 heavy (non-hydrogen) atoms. The fraction of sp³-hybridized carbons (Fsp3) is 0.167. The lowest BCUT2D eigenvalue weighted by atomic mass is 10.1. The van der Waals surface area contributed by atoms with Gasteiger partial charge in [0, 0.05) is 12.7 Å². The molecule has 0 fully saturated rings. The second-order valence-corrected chi connectivity index (χ2v) is 3.27. The van der Waals surface area contributed by atoms with E-state index < -0.39 is 0 Å². The quantitative estimate of drug-likeness (QED) is 0.819. The molecule has 0 saturated carbocycles. The maximum Gasteiger partial charge on any atom is 0.148 e. The number of hydrogen-bond donors (Lipinski definition) is 1. The van der Waals surface area contributed by atoms with E-state index in [1.165, 1.54) is 5.56 Å². The van der Waals surface area contributed by atoms with Crippen LogP contribution in [0.2, 0.25) is 0 Å². The highest BCUT2D eigenvalue weighted by atomic mass is 15.2. The summed E-state index contributed by atoms with van der Waals surface area (Å²) in [5.41, 5.74) is 1.33. The van der Waals surface area contributed by atoms with Gasteiger partial charge >= 0.3 is 0 Å². The molecule has 0 unspecified atom stereocenters. The predicted octanol–water partition coefficient (Wildman–Crippen LogP) is 2.13. The Hall–Kier alpha value is -1.90. The molecule has 3 nitrogen and oxygen atoms in total. The first-order valence-electron chi connectivity index (χ1n) is 5.00. The number of aromatic nitrogens is 2. The number of nitrogens with one attached hydrogen (secondary N) is 1. The Bertz CT molecular complexity index is 347. The topological polar surface area (TPSA) is 37.8 Å². The van der Waals surface area contributed by atoms with Crippen molar-refractivity contribution >= 4 is 5.82 Å². The van der Waals surface area contributed by atoms with Crippen LogP contribution in [-0.2, 0) is 6.42 Å². The second-order valence-electron chi connectivity index (χ2n) is 3.27. The fourth-order valence-corrected chi connectivity index (χ4v) is 1.38. The van der Waals surface area contributed by atoms with Gasteiger partial charge in [0.05, 0.1) is 0 Å². The molecule has 0 bridgehead atoms. The summed E-state index contributed by atoms with van der Waals surface area (Å²) in [7, 11) is 0. The van der Waals surface area contributed by atoms with Crippen LogP contribution in [0.15, 0.2) is 48.7 Å². The summed E-state index contributed by atoms with van der Waals surface area (Å²) < 4.78 is 0. The lowest BCUT2D eigenvalue weighted by Gasteiger charge is -2.03. The molecule has 0 aliphatic heterocycles. The van der Waals surface area contributed by atoms with Crippen molar-refractivity contribution in [3.05, 3.63) is 54.2 Å². The van der Waals surface area contributed by atoms with E-state index in [0.29, 0.717) is 0 Å². The third-order valence-corrected chi connectivity index (χ3v) is 2.13. The van der Waals surface area contributed by atoms with Crippen molar-refractivity contribution in [3.8, 4) is 0 Å². The zero-order valence-electron chi connectivity index (χ0n) is 8.43. The van der Waals surface area contributed by atoms with Crippen LogP contribution in [0.3, 0.4) is 0 Å². The van der Waals surface area contributed by atoms with E-state index in [9.17, 15) is 0 Å². The van der Waals surface area contributed by atoms with E-state index in [4.69, 9.17) is 0 Å². The summed E-state index contributed by atoms with van der Waals surface area (Å²) in [6.45, 7) is 0.878. The monoisotopic (exact) mass is 199 g/mol. The average molecular weight is 199 g/mol. The maximum absolute atomic E-state index is 3.95. The van der Waals surface area contributed by atoms with E-state index in [-0.39, 0.29) is 0 Å². The van der Waals surface area contributed by atoms with Crippen LogP contribution in [0.1, 0.15) is 5.56 Å². The molecule has 1 aromatic heterocycles. The molecule has 0 spiro atoms. The van der Waals surface area contributed by atoms with Gasteiger partial charge in [-0.3, -0.25) is 0 Å². The molecule has 0 atom stereocenters. The van der Waals surface area contributed by atoms with Gasteiger partial charge < -0.3 is 5.32 Å². The lowest BCUT2D eigenvalue weighted by Crippen LogP contribution is -2.06. The van der Waals surface area contributed by atoms with Crippen molar-refractivity contribution in [1.29, 1.82) is 0 Å². The first-order chi connectivity index (χ1) is 7.45. The van der Waals surface area contributed by atoms with Gasteiger partial charge in [-0.05, 0) is 24.1 Å². The van der Waals surface area contributed by atoms with Gasteiger partial charge in [0.15, 0.2) is 0 Å². The molecule has 76 valence electrons. The van der Waals surface area contributed by atoms with Gasteiger partial charge in [-0.25, -0.2) is 0 Å². The van der Waals surface area contributed by atoms with Crippen molar-refractivity contribution < 1.29 is 0 Å². The number of rotatable bonds is 4. The summed E-state index contributed by atoms with van der Waals surface area (Å²) in [6, 6.07) is 14.2. The van der Waals surface area contributed by atoms with Gasteiger partial charge in [-0.2, -0.15) is 5.10 Å². The van der Waals surface area contributed by atoms with Crippen LogP contribution < -0.4 is 5.32 Å². The van der Waals surface area contributed by atoms with Crippen LogP contribution in [0.5, 0.6) is 0 Å².